The summed E-state index contributed by atoms with van der Waals surface area (Å²) >= 11 is 6.01. The number of anilines is 3. The van der Waals surface area contributed by atoms with Gasteiger partial charge in [-0.2, -0.15) is 15.0 Å². The fourth-order valence-corrected chi connectivity index (χ4v) is 2.48. The molecule has 1 N–H and O–H groups in total. The standard InChI is InChI=1S/C14H16ClN5O/c1-21-11-7-3-2-6-10(11)16-13-17-12(15)18-14(19-13)20-8-4-5-9-20/h2-3,6-7H,4-5,8-9H2,1H3,(H,16,17,18,19). The molecule has 1 aliphatic rings. The van der Waals surface area contributed by atoms with Crippen LogP contribution < -0.4 is 15.0 Å². The molecule has 1 aromatic heterocycles. The highest BCUT2D eigenvalue weighted by Gasteiger charge is 2.17. The Bertz CT molecular complexity index is 631. The van der Waals surface area contributed by atoms with Crippen molar-refractivity contribution in [1.29, 1.82) is 0 Å². The van der Waals surface area contributed by atoms with Crippen LogP contribution in [-0.2, 0) is 0 Å². The molecular weight excluding hydrogens is 290 g/mol. The summed E-state index contributed by atoms with van der Waals surface area (Å²) in [5.41, 5.74) is 0.787. The van der Waals surface area contributed by atoms with Crippen LogP contribution in [0.15, 0.2) is 24.3 Å². The molecule has 0 saturated carbocycles. The van der Waals surface area contributed by atoms with Crippen LogP contribution in [0.2, 0.25) is 5.28 Å². The zero-order chi connectivity index (χ0) is 14.7. The highest BCUT2D eigenvalue weighted by atomic mass is 35.5. The number of halogens is 1. The van der Waals surface area contributed by atoms with E-state index >= 15 is 0 Å². The highest BCUT2D eigenvalue weighted by molar-refractivity contribution is 6.28. The molecule has 2 aromatic rings. The van der Waals surface area contributed by atoms with Crippen molar-refractivity contribution in [2.24, 2.45) is 0 Å². The number of para-hydroxylation sites is 2. The zero-order valence-electron chi connectivity index (χ0n) is 11.7. The van der Waals surface area contributed by atoms with Crippen molar-refractivity contribution >= 4 is 29.2 Å². The SMILES string of the molecule is COc1ccccc1Nc1nc(Cl)nc(N2CCCC2)n1. The van der Waals surface area contributed by atoms with Crippen LogP contribution in [0.25, 0.3) is 0 Å². The number of aromatic nitrogens is 3. The molecule has 1 saturated heterocycles. The molecule has 0 bridgehead atoms. The first-order chi connectivity index (χ1) is 10.3. The maximum Gasteiger partial charge on any atom is 0.233 e. The molecule has 3 rings (SSSR count). The van der Waals surface area contributed by atoms with E-state index in [0.29, 0.717) is 11.9 Å². The minimum atomic E-state index is 0.185. The van der Waals surface area contributed by atoms with E-state index in [1.54, 1.807) is 7.11 Å². The Hall–Kier alpha value is -2.08. The molecule has 21 heavy (non-hydrogen) atoms. The summed E-state index contributed by atoms with van der Waals surface area (Å²) in [6.07, 6.45) is 2.30. The lowest BCUT2D eigenvalue weighted by atomic mass is 10.3. The van der Waals surface area contributed by atoms with Crippen molar-refractivity contribution in [3.63, 3.8) is 0 Å². The summed E-state index contributed by atoms with van der Waals surface area (Å²) in [4.78, 5) is 14.9. The topological polar surface area (TPSA) is 63.2 Å². The number of nitrogens with one attached hydrogen (secondary N) is 1. The van der Waals surface area contributed by atoms with E-state index in [4.69, 9.17) is 16.3 Å². The molecule has 1 aliphatic heterocycles. The second-order valence-corrected chi connectivity index (χ2v) is 5.09. The first-order valence-corrected chi connectivity index (χ1v) is 7.20. The number of hydrogen-bond donors (Lipinski definition) is 1. The molecule has 0 unspecified atom stereocenters. The van der Waals surface area contributed by atoms with Gasteiger partial charge in [-0.15, -0.1) is 0 Å². The van der Waals surface area contributed by atoms with Gasteiger partial charge < -0.3 is 15.0 Å². The second kappa shape index (κ2) is 6.13. The van der Waals surface area contributed by atoms with E-state index in [-0.39, 0.29) is 5.28 Å². The Labute approximate surface area is 128 Å². The van der Waals surface area contributed by atoms with E-state index < -0.39 is 0 Å². The Balaban J connectivity index is 1.88. The van der Waals surface area contributed by atoms with E-state index in [0.717, 1.165) is 37.4 Å². The highest BCUT2D eigenvalue weighted by Crippen LogP contribution is 2.27. The van der Waals surface area contributed by atoms with Crippen molar-refractivity contribution in [3.8, 4) is 5.75 Å². The third-order valence-corrected chi connectivity index (χ3v) is 3.51. The van der Waals surface area contributed by atoms with E-state index in [2.05, 4.69) is 25.2 Å². The molecule has 0 amide bonds. The van der Waals surface area contributed by atoms with Gasteiger partial charge in [0.25, 0.3) is 0 Å². The van der Waals surface area contributed by atoms with Crippen LogP contribution in [-0.4, -0.2) is 35.2 Å². The molecule has 1 aromatic carbocycles. The number of benzene rings is 1. The summed E-state index contributed by atoms with van der Waals surface area (Å²) in [5, 5.41) is 3.31. The van der Waals surface area contributed by atoms with Gasteiger partial charge in [-0.3, -0.25) is 0 Å². The number of methoxy groups -OCH3 is 1. The van der Waals surface area contributed by atoms with Crippen molar-refractivity contribution in [2.75, 3.05) is 30.4 Å². The molecule has 0 radical (unpaired) electrons. The van der Waals surface area contributed by atoms with Gasteiger partial charge in [0.15, 0.2) is 0 Å². The van der Waals surface area contributed by atoms with E-state index in [9.17, 15) is 0 Å². The number of hydrogen-bond acceptors (Lipinski definition) is 6. The van der Waals surface area contributed by atoms with Crippen molar-refractivity contribution in [2.45, 2.75) is 12.8 Å². The maximum atomic E-state index is 6.01. The van der Waals surface area contributed by atoms with Gasteiger partial charge in [0, 0.05) is 13.1 Å². The molecule has 2 heterocycles. The minimum absolute atomic E-state index is 0.185. The molecule has 0 atom stereocenters. The molecule has 110 valence electrons. The normalized spacial score (nSPS) is 14.3. The Morgan fingerprint density at radius 1 is 1.14 bits per heavy atom. The smallest absolute Gasteiger partial charge is 0.233 e. The van der Waals surface area contributed by atoms with Crippen LogP contribution in [0.1, 0.15) is 12.8 Å². The lowest BCUT2D eigenvalue weighted by Gasteiger charge is -2.16. The average molecular weight is 306 g/mol. The lowest BCUT2D eigenvalue weighted by Crippen LogP contribution is -2.21. The van der Waals surface area contributed by atoms with Crippen LogP contribution in [0.4, 0.5) is 17.6 Å². The van der Waals surface area contributed by atoms with Gasteiger partial charge in [-0.1, -0.05) is 12.1 Å². The first-order valence-electron chi connectivity index (χ1n) is 6.83. The monoisotopic (exact) mass is 305 g/mol. The van der Waals surface area contributed by atoms with Gasteiger partial charge >= 0.3 is 0 Å². The third-order valence-electron chi connectivity index (χ3n) is 3.34. The van der Waals surface area contributed by atoms with Gasteiger partial charge in [-0.05, 0) is 36.6 Å². The number of rotatable bonds is 4. The van der Waals surface area contributed by atoms with Gasteiger partial charge in [0.1, 0.15) is 5.75 Å². The van der Waals surface area contributed by atoms with Crippen LogP contribution in [0.5, 0.6) is 5.75 Å². The van der Waals surface area contributed by atoms with Crippen LogP contribution in [0.3, 0.4) is 0 Å². The Morgan fingerprint density at radius 3 is 2.67 bits per heavy atom. The number of nitrogens with zero attached hydrogens (tertiary/aromatic N) is 4. The Kier molecular flexibility index (Phi) is 4.06. The minimum Gasteiger partial charge on any atom is -0.495 e. The lowest BCUT2D eigenvalue weighted by molar-refractivity contribution is 0.417. The maximum absolute atomic E-state index is 6.01. The molecular formula is C14H16ClN5O. The van der Waals surface area contributed by atoms with Crippen molar-refractivity contribution in [3.05, 3.63) is 29.5 Å². The zero-order valence-corrected chi connectivity index (χ0v) is 12.5. The molecule has 0 aliphatic carbocycles. The first kappa shape index (κ1) is 13.9. The molecule has 0 spiro atoms. The third kappa shape index (κ3) is 3.16. The Morgan fingerprint density at radius 2 is 1.90 bits per heavy atom. The van der Waals surface area contributed by atoms with Gasteiger partial charge in [0.05, 0.1) is 12.8 Å². The van der Waals surface area contributed by atoms with Crippen molar-refractivity contribution in [1.82, 2.24) is 15.0 Å². The van der Waals surface area contributed by atoms with Gasteiger partial charge in [0.2, 0.25) is 17.2 Å². The largest absolute Gasteiger partial charge is 0.495 e. The van der Waals surface area contributed by atoms with Crippen LogP contribution >= 0.6 is 11.6 Å². The molecule has 1 fully saturated rings. The average Bonchev–Trinajstić information content (AvgIpc) is 3.01. The molecule has 6 nitrogen and oxygen atoms in total. The fourth-order valence-electron chi connectivity index (χ4n) is 2.32. The quantitative estimate of drug-likeness (QED) is 0.937. The van der Waals surface area contributed by atoms with Gasteiger partial charge in [-0.25, -0.2) is 0 Å². The predicted octanol–water partition coefficient (Wildman–Crippen LogP) is 2.88. The summed E-state index contributed by atoms with van der Waals surface area (Å²) < 4.78 is 5.30. The summed E-state index contributed by atoms with van der Waals surface area (Å²) in [6.45, 7) is 1.91. The summed E-state index contributed by atoms with van der Waals surface area (Å²) in [7, 11) is 1.62. The summed E-state index contributed by atoms with van der Waals surface area (Å²) in [6, 6.07) is 7.58. The fraction of sp³-hybridized carbons (Fsp3) is 0.357. The second-order valence-electron chi connectivity index (χ2n) is 4.75. The van der Waals surface area contributed by atoms with E-state index in [1.165, 1.54) is 0 Å². The molecule has 7 heteroatoms. The predicted molar refractivity (Wildman–Crippen MR) is 82.6 cm³/mol. The number of ether oxygens (including phenoxy) is 1. The van der Waals surface area contributed by atoms with Crippen molar-refractivity contribution < 1.29 is 4.74 Å². The van der Waals surface area contributed by atoms with Crippen LogP contribution in [0, 0.1) is 0 Å². The van der Waals surface area contributed by atoms with E-state index in [1.807, 2.05) is 24.3 Å². The summed E-state index contributed by atoms with van der Waals surface area (Å²) in [5.74, 6) is 1.75.